The fourth-order valence-corrected chi connectivity index (χ4v) is 3.52. The Morgan fingerprint density at radius 1 is 0.889 bits per heavy atom. The Kier molecular flexibility index (Phi) is 4.63. The molecule has 0 unspecified atom stereocenters. The predicted molar refractivity (Wildman–Crippen MR) is 106 cm³/mol. The molecule has 0 spiro atoms. The summed E-state index contributed by atoms with van der Waals surface area (Å²) in [4.78, 5) is 24.5. The average molecular weight is 358 g/mol. The van der Waals surface area contributed by atoms with Crippen LogP contribution in [0.5, 0.6) is 0 Å². The van der Waals surface area contributed by atoms with Gasteiger partial charge in [0, 0.05) is 31.3 Å². The number of hydrogen-bond donors (Lipinski definition) is 1. The lowest BCUT2D eigenvalue weighted by molar-refractivity contribution is 0.0947. The number of fused-ring (bicyclic) bond motifs is 1. The highest BCUT2D eigenvalue weighted by molar-refractivity contribution is 6.09. The number of carbonyl (C=O) groups is 2. The monoisotopic (exact) mass is 358 g/mol. The van der Waals surface area contributed by atoms with Crippen molar-refractivity contribution in [1.82, 2.24) is 9.88 Å². The summed E-state index contributed by atoms with van der Waals surface area (Å²) in [6.07, 6.45) is 3.22. The smallest absolute Gasteiger partial charge is 0.268 e. The number of ketones is 1. The topological polar surface area (TPSA) is 51.1 Å². The summed E-state index contributed by atoms with van der Waals surface area (Å²) in [5.41, 5.74) is 5.77. The Bertz CT molecular complexity index is 982. The van der Waals surface area contributed by atoms with E-state index in [0.717, 1.165) is 12.0 Å². The van der Waals surface area contributed by atoms with Gasteiger partial charge in [0.15, 0.2) is 5.78 Å². The van der Waals surface area contributed by atoms with Gasteiger partial charge in [-0.2, -0.15) is 0 Å². The quantitative estimate of drug-likeness (QED) is 0.764. The zero-order chi connectivity index (χ0) is 18.8. The molecule has 0 saturated heterocycles. The molecule has 2 heterocycles. The van der Waals surface area contributed by atoms with Crippen LogP contribution in [0.15, 0.2) is 60.8 Å². The van der Waals surface area contributed by atoms with Gasteiger partial charge in [-0.25, -0.2) is 0 Å². The Labute approximate surface area is 158 Å². The Balaban J connectivity index is 1.57. The van der Waals surface area contributed by atoms with Crippen molar-refractivity contribution in [2.75, 3.05) is 6.54 Å². The largest absolute Gasteiger partial charge is 0.350 e. The Hall–Kier alpha value is -3.14. The van der Waals surface area contributed by atoms with Crippen LogP contribution < -0.4 is 5.32 Å². The van der Waals surface area contributed by atoms with Crippen molar-refractivity contribution in [3.05, 3.63) is 83.2 Å². The van der Waals surface area contributed by atoms with E-state index < -0.39 is 0 Å². The van der Waals surface area contributed by atoms with Gasteiger partial charge in [0.05, 0.1) is 0 Å². The molecule has 2 aromatic carbocycles. The van der Waals surface area contributed by atoms with Crippen LogP contribution in [0.2, 0.25) is 0 Å². The minimum Gasteiger partial charge on any atom is -0.350 e. The van der Waals surface area contributed by atoms with E-state index in [1.165, 1.54) is 16.7 Å². The Morgan fingerprint density at radius 3 is 2.15 bits per heavy atom. The van der Waals surface area contributed by atoms with Crippen LogP contribution in [0, 0.1) is 0 Å². The third-order valence-electron chi connectivity index (χ3n) is 5.12. The standard InChI is InChI=1S/C23H22N2O2/c1-2-16-3-7-18(8-4-16)19-9-5-17(6-10-19)15-25-14-12-20-21(26)11-13-24-23(27)22(20)25/h3-10,12,14H,2,11,13,15H2,1H3,(H,24,27). The van der Waals surface area contributed by atoms with Crippen LogP contribution >= 0.6 is 0 Å². The second-order valence-corrected chi connectivity index (χ2v) is 6.88. The summed E-state index contributed by atoms with van der Waals surface area (Å²) in [5.74, 6) is -0.151. The number of benzene rings is 2. The number of Topliss-reactive ketones (excluding diaryl/α,β-unsaturated/α-hetero) is 1. The molecule has 0 bridgehead atoms. The molecule has 4 nitrogen and oxygen atoms in total. The van der Waals surface area contributed by atoms with Gasteiger partial charge in [-0.15, -0.1) is 0 Å². The molecule has 1 amide bonds. The summed E-state index contributed by atoms with van der Waals surface area (Å²) < 4.78 is 1.86. The first-order chi connectivity index (χ1) is 13.2. The fraction of sp³-hybridized carbons (Fsp3) is 0.217. The fourth-order valence-electron chi connectivity index (χ4n) is 3.52. The molecule has 1 aliphatic heterocycles. The first kappa shape index (κ1) is 17.3. The molecule has 0 saturated carbocycles. The molecular weight excluding hydrogens is 336 g/mol. The predicted octanol–water partition coefficient (Wildman–Crippen LogP) is 4.08. The van der Waals surface area contributed by atoms with E-state index in [2.05, 4.69) is 60.8 Å². The Morgan fingerprint density at radius 2 is 1.52 bits per heavy atom. The summed E-state index contributed by atoms with van der Waals surface area (Å²) in [7, 11) is 0. The highest BCUT2D eigenvalue weighted by Gasteiger charge is 2.24. The molecule has 0 fully saturated rings. The van der Waals surface area contributed by atoms with Crippen LogP contribution in [0.3, 0.4) is 0 Å². The maximum atomic E-state index is 12.3. The number of amides is 1. The maximum absolute atomic E-state index is 12.3. The number of carbonyl (C=O) groups excluding carboxylic acids is 2. The van der Waals surface area contributed by atoms with E-state index in [1.807, 2.05) is 10.8 Å². The first-order valence-corrected chi connectivity index (χ1v) is 9.34. The van der Waals surface area contributed by atoms with Crippen LogP contribution in [-0.4, -0.2) is 22.8 Å². The van der Waals surface area contributed by atoms with Crippen molar-refractivity contribution in [2.24, 2.45) is 0 Å². The second-order valence-electron chi connectivity index (χ2n) is 6.88. The third kappa shape index (κ3) is 3.43. The van der Waals surface area contributed by atoms with Crippen LogP contribution in [0.25, 0.3) is 11.1 Å². The van der Waals surface area contributed by atoms with Gasteiger partial charge in [-0.1, -0.05) is 55.5 Å². The van der Waals surface area contributed by atoms with Gasteiger partial charge in [0.2, 0.25) is 0 Å². The number of hydrogen-bond acceptors (Lipinski definition) is 2. The van der Waals surface area contributed by atoms with E-state index in [1.54, 1.807) is 6.07 Å². The van der Waals surface area contributed by atoms with Crippen molar-refractivity contribution in [1.29, 1.82) is 0 Å². The molecule has 0 aliphatic carbocycles. The minimum absolute atomic E-state index is 0.0213. The van der Waals surface area contributed by atoms with E-state index in [0.29, 0.717) is 30.8 Å². The molecule has 1 aromatic heterocycles. The zero-order valence-corrected chi connectivity index (χ0v) is 15.4. The van der Waals surface area contributed by atoms with Gasteiger partial charge in [-0.3, -0.25) is 9.59 Å². The van der Waals surface area contributed by atoms with Crippen LogP contribution in [-0.2, 0) is 13.0 Å². The van der Waals surface area contributed by atoms with E-state index in [4.69, 9.17) is 0 Å². The van der Waals surface area contributed by atoms with Gasteiger partial charge in [-0.05, 0) is 34.7 Å². The summed E-state index contributed by atoms with van der Waals surface area (Å²) >= 11 is 0. The van der Waals surface area contributed by atoms with Gasteiger partial charge in [0.25, 0.3) is 5.91 Å². The van der Waals surface area contributed by atoms with E-state index >= 15 is 0 Å². The second kappa shape index (κ2) is 7.23. The van der Waals surface area contributed by atoms with Gasteiger partial charge < -0.3 is 9.88 Å². The van der Waals surface area contributed by atoms with Crippen LogP contribution in [0.1, 0.15) is 45.3 Å². The number of aromatic nitrogens is 1. The van der Waals surface area contributed by atoms with Crippen molar-refractivity contribution in [2.45, 2.75) is 26.3 Å². The highest BCUT2D eigenvalue weighted by atomic mass is 16.2. The van der Waals surface area contributed by atoms with Gasteiger partial charge >= 0.3 is 0 Å². The summed E-state index contributed by atoms with van der Waals surface area (Å²) in [5, 5.41) is 2.80. The third-order valence-corrected chi connectivity index (χ3v) is 5.12. The van der Waals surface area contributed by atoms with Crippen LogP contribution in [0.4, 0.5) is 0 Å². The summed E-state index contributed by atoms with van der Waals surface area (Å²) in [6, 6.07) is 18.7. The molecule has 3 aromatic rings. The SMILES string of the molecule is CCc1ccc(-c2ccc(Cn3ccc4c3C(=O)NCCC4=O)cc2)cc1. The normalized spacial score (nSPS) is 13.8. The molecule has 4 heteroatoms. The maximum Gasteiger partial charge on any atom is 0.268 e. The van der Waals surface area contributed by atoms with Crippen molar-refractivity contribution in [3.8, 4) is 11.1 Å². The number of nitrogens with one attached hydrogen (secondary N) is 1. The number of aryl methyl sites for hydroxylation is 1. The van der Waals surface area contributed by atoms with E-state index in [9.17, 15) is 9.59 Å². The van der Waals surface area contributed by atoms with Crippen molar-refractivity contribution >= 4 is 11.7 Å². The number of rotatable bonds is 4. The summed E-state index contributed by atoms with van der Waals surface area (Å²) in [6.45, 7) is 3.11. The molecule has 27 heavy (non-hydrogen) atoms. The average Bonchev–Trinajstić information content (AvgIpc) is 3.06. The minimum atomic E-state index is -0.173. The molecule has 1 N–H and O–H groups in total. The molecule has 1 aliphatic rings. The zero-order valence-electron chi connectivity index (χ0n) is 15.4. The molecule has 4 rings (SSSR count). The van der Waals surface area contributed by atoms with Crippen molar-refractivity contribution < 1.29 is 9.59 Å². The lowest BCUT2D eigenvalue weighted by Crippen LogP contribution is -2.25. The lowest BCUT2D eigenvalue weighted by atomic mass is 10.0. The lowest BCUT2D eigenvalue weighted by Gasteiger charge is -2.10. The molecule has 136 valence electrons. The highest BCUT2D eigenvalue weighted by Crippen LogP contribution is 2.22. The number of nitrogens with zero attached hydrogens (tertiary/aromatic N) is 1. The molecule has 0 radical (unpaired) electrons. The molecular formula is C23H22N2O2. The molecule has 0 atom stereocenters. The van der Waals surface area contributed by atoms with E-state index in [-0.39, 0.29) is 11.7 Å². The van der Waals surface area contributed by atoms with Crippen molar-refractivity contribution in [3.63, 3.8) is 0 Å². The first-order valence-electron chi connectivity index (χ1n) is 9.34. The van der Waals surface area contributed by atoms with Gasteiger partial charge in [0.1, 0.15) is 5.69 Å².